The molecule has 0 unspecified atom stereocenters. The smallest absolute Gasteiger partial charge is 0.338 e. The third-order valence-corrected chi connectivity index (χ3v) is 5.76. The van der Waals surface area contributed by atoms with Crippen molar-refractivity contribution in [3.8, 4) is 0 Å². The monoisotopic (exact) mass is 420 g/mol. The molecule has 160 valence electrons. The summed E-state index contributed by atoms with van der Waals surface area (Å²) in [5.74, 6) is -1.82. The van der Waals surface area contributed by atoms with E-state index in [0.29, 0.717) is 18.8 Å². The van der Waals surface area contributed by atoms with Crippen molar-refractivity contribution >= 4 is 29.4 Å². The number of amides is 3. The molecule has 2 aromatic carbocycles. The summed E-state index contributed by atoms with van der Waals surface area (Å²) in [5, 5.41) is 0. The molecule has 7 heteroatoms. The Hall–Kier alpha value is -3.48. The first-order valence-corrected chi connectivity index (χ1v) is 10.5. The minimum atomic E-state index is -0.694. The number of anilines is 1. The predicted molar refractivity (Wildman–Crippen MR) is 114 cm³/mol. The van der Waals surface area contributed by atoms with Gasteiger partial charge in [0.05, 0.1) is 22.4 Å². The summed E-state index contributed by atoms with van der Waals surface area (Å²) in [4.78, 5) is 53.4. The maximum atomic E-state index is 12.9. The average Bonchev–Trinajstić information content (AvgIpc) is 2.96. The molecule has 0 radical (unpaired) electrons. The van der Waals surface area contributed by atoms with Crippen LogP contribution in [0.25, 0.3) is 0 Å². The van der Waals surface area contributed by atoms with E-state index in [4.69, 9.17) is 4.74 Å². The molecule has 0 bridgehead atoms. The molecule has 2 aliphatic rings. The summed E-state index contributed by atoms with van der Waals surface area (Å²) in [6, 6.07) is 11.4. The lowest BCUT2D eigenvalue weighted by atomic mass is 10.1. The maximum absolute atomic E-state index is 12.9. The van der Waals surface area contributed by atoms with Crippen molar-refractivity contribution in [1.82, 2.24) is 4.90 Å². The first-order chi connectivity index (χ1) is 15.0. The fourth-order valence-electron chi connectivity index (χ4n) is 4.02. The average molecular weight is 420 g/mol. The fraction of sp³-hybridized carbons (Fsp3) is 0.333. The van der Waals surface area contributed by atoms with Gasteiger partial charge in [-0.3, -0.25) is 14.4 Å². The number of benzene rings is 2. The SMILES string of the molecule is Cc1ccccc1N1C(=O)c2ccc(C(=O)OCC(=O)N3CCCCCC3)cc2C1=O. The quantitative estimate of drug-likeness (QED) is 0.559. The van der Waals surface area contributed by atoms with Gasteiger partial charge in [0.15, 0.2) is 6.61 Å². The van der Waals surface area contributed by atoms with E-state index in [2.05, 4.69) is 0 Å². The van der Waals surface area contributed by atoms with Crippen LogP contribution in [0.3, 0.4) is 0 Å². The summed E-state index contributed by atoms with van der Waals surface area (Å²) in [7, 11) is 0. The molecule has 2 heterocycles. The molecule has 7 nitrogen and oxygen atoms in total. The van der Waals surface area contributed by atoms with Gasteiger partial charge in [0, 0.05) is 13.1 Å². The van der Waals surface area contributed by atoms with Crippen molar-refractivity contribution in [2.24, 2.45) is 0 Å². The Morgan fingerprint density at radius 2 is 1.58 bits per heavy atom. The summed E-state index contributed by atoms with van der Waals surface area (Å²) < 4.78 is 5.20. The lowest BCUT2D eigenvalue weighted by molar-refractivity contribution is -0.134. The number of carbonyl (C=O) groups is 4. The topological polar surface area (TPSA) is 84.0 Å². The molecule has 0 saturated carbocycles. The molecule has 3 amide bonds. The van der Waals surface area contributed by atoms with Gasteiger partial charge in [-0.25, -0.2) is 9.69 Å². The molecular formula is C24H24N2O5. The number of aryl methyl sites for hydroxylation is 1. The zero-order valence-corrected chi connectivity index (χ0v) is 17.4. The van der Waals surface area contributed by atoms with E-state index in [1.54, 1.807) is 17.0 Å². The van der Waals surface area contributed by atoms with Crippen LogP contribution < -0.4 is 4.90 Å². The predicted octanol–water partition coefficient (Wildman–Crippen LogP) is 3.36. The van der Waals surface area contributed by atoms with Crippen LogP contribution in [0.1, 0.15) is 62.3 Å². The Morgan fingerprint density at radius 1 is 0.903 bits per heavy atom. The van der Waals surface area contributed by atoms with E-state index in [1.165, 1.54) is 18.2 Å². The maximum Gasteiger partial charge on any atom is 0.338 e. The molecule has 0 atom stereocenters. The lowest BCUT2D eigenvalue weighted by Crippen LogP contribution is -2.35. The second-order valence-electron chi connectivity index (χ2n) is 7.86. The van der Waals surface area contributed by atoms with E-state index >= 15 is 0 Å². The summed E-state index contributed by atoms with van der Waals surface area (Å²) in [6.07, 6.45) is 4.12. The van der Waals surface area contributed by atoms with Gasteiger partial charge in [0.1, 0.15) is 0 Å². The third-order valence-electron chi connectivity index (χ3n) is 5.76. The van der Waals surface area contributed by atoms with Gasteiger partial charge in [-0.15, -0.1) is 0 Å². The van der Waals surface area contributed by atoms with Crippen LogP contribution in [-0.2, 0) is 9.53 Å². The molecule has 0 N–H and O–H groups in total. The normalized spacial score (nSPS) is 16.2. The second kappa shape index (κ2) is 8.71. The van der Waals surface area contributed by atoms with Gasteiger partial charge < -0.3 is 9.64 Å². The zero-order chi connectivity index (χ0) is 22.0. The number of imide groups is 1. The zero-order valence-electron chi connectivity index (χ0n) is 17.4. The third kappa shape index (κ3) is 4.08. The standard InChI is InChI=1S/C24H24N2O5/c1-16-8-4-5-9-20(16)26-22(28)18-11-10-17(14-19(18)23(26)29)24(30)31-15-21(27)25-12-6-2-3-7-13-25/h4-5,8-11,14H,2-3,6-7,12-13,15H2,1H3. The van der Waals surface area contributed by atoms with E-state index in [1.807, 2.05) is 19.1 Å². The van der Waals surface area contributed by atoms with Gasteiger partial charge in [-0.05, 0) is 49.6 Å². The van der Waals surface area contributed by atoms with E-state index in [-0.39, 0.29) is 29.2 Å². The van der Waals surface area contributed by atoms with Crippen molar-refractivity contribution in [2.45, 2.75) is 32.6 Å². The van der Waals surface area contributed by atoms with E-state index in [9.17, 15) is 19.2 Å². The molecule has 4 rings (SSSR count). The van der Waals surface area contributed by atoms with Gasteiger partial charge >= 0.3 is 5.97 Å². The van der Waals surface area contributed by atoms with E-state index < -0.39 is 17.8 Å². The number of nitrogens with zero attached hydrogens (tertiary/aromatic N) is 2. The highest BCUT2D eigenvalue weighted by Gasteiger charge is 2.37. The number of likely N-dealkylation sites (tertiary alicyclic amines) is 1. The Balaban J connectivity index is 1.47. The highest BCUT2D eigenvalue weighted by Crippen LogP contribution is 2.31. The number of carbonyl (C=O) groups excluding carboxylic acids is 4. The minimum absolute atomic E-state index is 0.134. The minimum Gasteiger partial charge on any atom is -0.452 e. The van der Waals surface area contributed by atoms with E-state index in [0.717, 1.165) is 36.1 Å². The van der Waals surface area contributed by atoms with Gasteiger partial charge in [-0.2, -0.15) is 0 Å². The number of esters is 1. The largest absolute Gasteiger partial charge is 0.452 e. The molecule has 31 heavy (non-hydrogen) atoms. The van der Waals surface area contributed by atoms with Gasteiger partial charge in [0.25, 0.3) is 17.7 Å². The van der Waals surface area contributed by atoms with Crippen LogP contribution in [0.15, 0.2) is 42.5 Å². The Bertz CT molecular complexity index is 1050. The molecule has 0 aromatic heterocycles. The van der Waals surface area contributed by atoms with Gasteiger partial charge in [-0.1, -0.05) is 31.0 Å². The summed E-state index contributed by atoms with van der Waals surface area (Å²) >= 11 is 0. The fourth-order valence-corrected chi connectivity index (χ4v) is 4.02. The molecule has 0 spiro atoms. The van der Waals surface area contributed by atoms with Crippen molar-refractivity contribution < 1.29 is 23.9 Å². The van der Waals surface area contributed by atoms with Crippen LogP contribution in [0.5, 0.6) is 0 Å². The molecule has 2 aromatic rings. The summed E-state index contributed by atoms with van der Waals surface area (Å²) in [6.45, 7) is 2.85. The number of ether oxygens (including phenoxy) is 1. The van der Waals surface area contributed by atoms with Crippen LogP contribution in [0, 0.1) is 6.92 Å². The lowest BCUT2D eigenvalue weighted by Gasteiger charge is -2.19. The van der Waals surface area contributed by atoms with Gasteiger partial charge in [0.2, 0.25) is 0 Å². The van der Waals surface area contributed by atoms with Crippen LogP contribution in [0.4, 0.5) is 5.69 Å². The van der Waals surface area contributed by atoms with Crippen LogP contribution >= 0.6 is 0 Å². The van der Waals surface area contributed by atoms with Crippen LogP contribution in [-0.4, -0.2) is 48.3 Å². The number of hydrogen-bond acceptors (Lipinski definition) is 5. The molecule has 0 aliphatic carbocycles. The van der Waals surface area contributed by atoms with Crippen LogP contribution in [0.2, 0.25) is 0 Å². The second-order valence-corrected chi connectivity index (χ2v) is 7.86. The molecular weight excluding hydrogens is 396 g/mol. The first-order valence-electron chi connectivity index (χ1n) is 10.5. The Kier molecular flexibility index (Phi) is 5.84. The Morgan fingerprint density at radius 3 is 2.29 bits per heavy atom. The highest BCUT2D eigenvalue weighted by molar-refractivity contribution is 6.34. The van der Waals surface area contributed by atoms with Crippen molar-refractivity contribution in [2.75, 3.05) is 24.6 Å². The molecule has 2 aliphatic heterocycles. The highest BCUT2D eigenvalue weighted by atomic mass is 16.5. The molecule has 1 fully saturated rings. The van der Waals surface area contributed by atoms with Crippen molar-refractivity contribution in [3.05, 3.63) is 64.7 Å². The van der Waals surface area contributed by atoms with Crippen molar-refractivity contribution in [1.29, 1.82) is 0 Å². The summed E-state index contributed by atoms with van der Waals surface area (Å²) in [5.41, 5.74) is 1.84. The number of fused-ring (bicyclic) bond motifs is 1. The van der Waals surface area contributed by atoms with Crippen molar-refractivity contribution in [3.63, 3.8) is 0 Å². The number of hydrogen-bond donors (Lipinski definition) is 0. The first kappa shape index (κ1) is 20.8. The Labute approximate surface area is 180 Å². The number of para-hydroxylation sites is 1. The molecule has 1 saturated heterocycles. The number of rotatable bonds is 4.